The van der Waals surface area contributed by atoms with Crippen molar-refractivity contribution < 1.29 is 9.53 Å². The lowest BCUT2D eigenvalue weighted by atomic mass is 10.2. The fraction of sp³-hybridized carbons (Fsp3) is 0.692. The van der Waals surface area contributed by atoms with E-state index in [1.807, 2.05) is 32.5 Å². The Hall–Kier alpha value is -1.14. The first-order chi connectivity index (χ1) is 8.88. The van der Waals surface area contributed by atoms with Gasteiger partial charge in [-0.15, -0.1) is 11.3 Å². The molecule has 0 spiro atoms. The van der Waals surface area contributed by atoms with Crippen molar-refractivity contribution in [2.24, 2.45) is 0 Å². The predicted molar refractivity (Wildman–Crippen MR) is 77.4 cm³/mol. The molecule has 0 saturated carbocycles. The van der Waals surface area contributed by atoms with Crippen molar-refractivity contribution >= 4 is 17.4 Å². The summed E-state index contributed by atoms with van der Waals surface area (Å²) in [7, 11) is 0. The summed E-state index contributed by atoms with van der Waals surface area (Å²) in [6.07, 6.45) is 2.38. The van der Waals surface area contributed by atoms with Gasteiger partial charge in [0.1, 0.15) is 5.60 Å². The minimum absolute atomic E-state index is 0.300. The van der Waals surface area contributed by atoms with Crippen LogP contribution in [0.25, 0.3) is 0 Å². The molecule has 0 fully saturated rings. The molecule has 1 unspecified atom stereocenters. The van der Waals surface area contributed by atoms with Crippen molar-refractivity contribution in [2.45, 2.75) is 45.8 Å². The number of amides is 1. The number of alkyl carbamates (subject to hydrolysis) is 1. The molecule has 1 rings (SSSR count). The second-order valence-corrected chi connectivity index (χ2v) is 6.28. The maximum atomic E-state index is 11.4. The van der Waals surface area contributed by atoms with Gasteiger partial charge in [0, 0.05) is 23.7 Å². The third-order valence-electron chi connectivity index (χ3n) is 2.35. The zero-order chi connectivity index (χ0) is 14.3. The molecule has 0 saturated heterocycles. The normalized spacial score (nSPS) is 13.1. The van der Waals surface area contributed by atoms with Crippen LogP contribution in [-0.4, -0.2) is 29.8 Å². The highest BCUT2D eigenvalue weighted by Gasteiger charge is 2.15. The number of rotatable bonds is 6. The third kappa shape index (κ3) is 7.12. The molecule has 1 aromatic rings. The molecule has 1 heterocycles. The van der Waals surface area contributed by atoms with Crippen molar-refractivity contribution in [3.63, 3.8) is 0 Å². The number of hydrogen-bond acceptors (Lipinski definition) is 5. The van der Waals surface area contributed by atoms with E-state index in [4.69, 9.17) is 4.74 Å². The minimum atomic E-state index is -0.441. The molecule has 1 amide bonds. The number of aromatic nitrogens is 1. The van der Waals surface area contributed by atoms with Crippen LogP contribution in [0, 0.1) is 0 Å². The van der Waals surface area contributed by atoms with Crippen LogP contribution >= 0.6 is 11.3 Å². The fourth-order valence-corrected chi connectivity index (χ4v) is 2.10. The molecule has 1 aromatic heterocycles. The van der Waals surface area contributed by atoms with Crippen molar-refractivity contribution in [2.75, 3.05) is 13.1 Å². The summed E-state index contributed by atoms with van der Waals surface area (Å²) in [5.41, 5.74) is 1.39. The van der Waals surface area contributed by atoms with Crippen molar-refractivity contribution in [1.29, 1.82) is 0 Å². The maximum absolute atomic E-state index is 11.4. The van der Waals surface area contributed by atoms with Gasteiger partial charge in [-0.2, -0.15) is 0 Å². The molecule has 1 atom stereocenters. The van der Waals surface area contributed by atoms with Crippen LogP contribution in [0.4, 0.5) is 4.79 Å². The van der Waals surface area contributed by atoms with E-state index in [1.54, 1.807) is 11.3 Å². The highest BCUT2D eigenvalue weighted by molar-refractivity contribution is 7.09. The van der Waals surface area contributed by atoms with E-state index in [9.17, 15) is 4.79 Å². The Morgan fingerprint density at radius 3 is 2.79 bits per heavy atom. The van der Waals surface area contributed by atoms with Gasteiger partial charge in [-0.25, -0.2) is 4.79 Å². The van der Waals surface area contributed by atoms with E-state index in [0.717, 1.165) is 13.0 Å². The van der Waals surface area contributed by atoms with Crippen LogP contribution in [-0.2, 0) is 4.74 Å². The van der Waals surface area contributed by atoms with E-state index in [0.29, 0.717) is 12.6 Å². The maximum Gasteiger partial charge on any atom is 0.407 e. The molecule has 0 aliphatic rings. The second kappa shape index (κ2) is 7.45. The molecule has 108 valence electrons. The van der Waals surface area contributed by atoms with E-state index >= 15 is 0 Å². The quantitative estimate of drug-likeness (QED) is 0.789. The molecule has 0 aromatic carbocycles. The summed E-state index contributed by atoms with van der Waals surface area (Å²) in [5.74, 6) is 0. The van der Waals surface area contributed by atoms with Gasteiger partial charge in [0.15, 0.2) is 0 Å². The summed E-state index contributed by atoms with van der Waals surface area (Å²) >= 11 is 1.64. The summed E-state index contributed by atoms with van der Waals surface area (Å²) < 4.78 is 5.15. The van der Waals surface area contributed by atoms with Crippen LogP contribution in [0.1, 0.15) is 45.0 Å². The van der Waals surface area contributed by atoms with Gasteiger partial charge >= 0.3 is 6.09 Å². The molecule has 6 heteroatoms. The third-order valence-corrected chi connectivity index (χ3v) is 3.31. The summed E-state index contributed by atoms with van der Waals surface area (Å²) in [5, 5.41) is 6.12. The number of nitrogens with zero attached hydrogens (tertiary/aromatic N) is 1. The second-order valence-electron chi connectivity index (χ2n) is 5.36. The van der Waals surface area contributed by atoms with Gasteiger partial charge in [-0.3, -0.25) is 4.98 Å². The van der Waals surface area contributed by atoms with Crippen LogP contribution < -0.4 is 10.6 Å². The largest absolute Gasteiger partial charge is 0.444 e. The Kier molecular flexibility index (Phi) is 6.24. The van der Waals surface area contributed by atoms with Gasteiger partial charge in [-0.1, -0.05) is 0 Å². The molecule has 0 radical (unpaired) electrons. The highest BCUT2D eigenvalue weighted by Crippen LogP contribution is 2.15. The molecule has 2 N–H and O–H groups in total. The lowest BCUT2D eigenvalue weighted by Crippen LogP contribution is -2.34. The molecule has 0 aliphatic heterocycles. The Morgan fingerprint density at radius 1 is 1.47 bits per heavy atom. The van der Waals surface area contributed by atoms with Crippen molar-refractivity contribution in [1.82, 2.24) is 15.6 Å². The molecule has 5 nitrogen and oxygen atoms in total. The van der Waals surface area contributed by atoms with Crippen LogP contribution in [0.3, 0.4) is 0 Å². The van der Waals surface area contributed by atoms with Crippen molar-refractivity contribution in [3.8, 4) is 0 Å². The number of carbonyl (C=O) groups is 1. The number of hydrogen-bond donors (Lipinski definition) is 2. The topological polar surface area (TPSA) is 63.2 Å². The van der Waals surface area contributed by atoms with E-state index in [-0.39, 0.29) is 6.09 Å². The SMILES string of the molecule is CC(NCCCNC(=O)OC(C)(C)C)c1cncs1. The Bertz CT molecular complexity index is 374. The molecule has 0 aliphatic carbocycles. The Labute approximate surface area is 118 Å². The summed E-state index contributed by atoms with van der Waals surface area (Å²) in [6, 6.07) is 0.300. The van der Waals surface area contributed by atoms with E-state index < -0.39 is 5.60 Å². The first-order valence-electron chi connectivity index (χ1n) is 6.47. The van der Waals surface area contributed by atoms with Crippen LogP contribution in [0.2, 0.25) is 0 Å². The minimum Gasteiger partial charge on any atom is -0.444 e. The number of carbonyl (C=O) groups excluding carboxylic acids is 1. The summed E-state index contributed by atoms with van der Waals surface area (Å²) in [4.78, 5) is 16.7. The molecular formula is C13H23N3O2S. The number of ether oxygens (including phenoxy) is 1. The molecule has 19 heavy (non-hydrogen) atoms. The Balaban J connectivity index is 2.07. The van der Waals surface area contributed by atoms with Crippen LogP contribution in [0.15, 0.2) is 11.7 Å². The monoisotopic (exact) mass is 285 g/mol. The molecule has 0 bridgehead atoms. The predicted octanol–water partition coefficient (Wildman–Crippen LogP) is 2.71. The Morgan fingerprint density at radius 2 is 2.21 bits per heavy atom. The standard InChI is InChI=1S/C13H23N3O2S/c1-10(11-8-14-9-19-11)15-6-5-7-16-12(17)18-13(2,3)4/h8-10,15H,5-7H2,1-4H3,(H,16,17). The zero-order valence-electron chi connectivity index (χ0n) is 12.0. The fourth-order valence-electron chi connectivity index (χ4n) is 1.45. The lowest BCUT2D eigenvalue weighted by molar-refractivity contribution is 0.0527. The zero-order valence-corrected chi connectivity index (χ0v) is 12.8. The summed E-state index contributed by atoms with van der Waals surface area (Å²) in [6.45, 7) is 9.11. The van der Waals surface area contributed by atoms with Gasteiger partial charge in [-0.05, 0) is 40.7 Å². The van der Waals surface area contributed by atoms with Gasteiger partial charge < -0.3 is 15.4 Å². The first kappa shape index (κ1) is 15.9. The van der Waals surface area contributed by atoms with Crippen molar-refractivity contribution in [3.05, 3.63) is 16.6 Å². The average molecular weight is 285 g/mol. The van der Waals surface area contributed by atoms with Gasteiger partial charge in [0.05, 0.1) is 5.51 Å². The first-order valence-corrected chi connectivity index (χ1v) is 7.35. The van der Waals surface area contributed by atoms with E-state index in [2.05, 4.69) is 22.5 Å². The average Bonchev–Trinajstić information content (AvgIpc) is 2.79. The number of thiazole rings is 1. The van der Waals surface area contributed by atoms with Crippen LogP contribution in [0.5, 0.6) is 0 Å². The lowest BCUT2D eigenvalue weighted by Gasteiger charge is -2.19. The number of nitrogens with one attached hydrogen (secondary N) is 2. The van der Waals surface area contributed by atoms with E-state index in [1.165, 1.54) is 4.88 Å². The van der Waals surface area contributed by atoms with Gasteiger partial charge in [0.25, 0.3) is 0 Å². The molecular weight excluding hydrogens is 262 g/mol. The smallest absolute Gasteiger partial charge is 0.407 e. The highest BCUT2D eigenvalue weighted by atomic mass is 32.1. The van der Waals surface area contributed by atoms with Gasteiger partial charge in [0.2, 0.25) is 0 Å².